The number of thiophene rings is 1. The van der Waals surface area contributed by atoms with Crippen LogP contribution in [0.3, 0.4) is 0 Å². The molecule has 2 rings (SSSR count). The van der Waals surface area contributed by atoms with Crippen molar-refractivity contribution in [3.8, 4) is 0 Å². The lowest BCUT2D eigenvalue weighted by Crippen LogP contribution is -2.14. The molecule has 0 aliphatic carbocycles. The minimum absolute atomic E-state index is 0.131. The number of carbonyl (C=O) groups is 2. The molecule has 0 radical (unpaired) electrons. The van der Waals surface area contributed by atoms with E-state index in [2.05, 4.69) is 5.32 Å². The summed E-state index contributed by atoms with van der Waals surface area (Å²) in [5.74, 6) is -1.32. The smallest absolute Gasteiger partial charge is 0.338 e. The van der Waals surface area contributed by atoms with Gasteiger partial charge >= 0.3 is 5.97 Å². The third-order valence-corrected chi connectivity index (χ3v) is 4.13. The molecule has 1 aromatic carbocycles. The number of hydrogen-bond donors (Lipinski definition) is 2. The van der Waals surface area contributed by atoms with Gasteiger partial charge in [0, 0.05) is 10.4 Å². The van der Waals surface area contributed by atoms with Gasteiger partial charge in [0.1, 0.15) is 5.00 Å². The standard InChI is InChI=1S/C15H15NO3S/c1-8-5-4-6-11(10(8)3)13(17)16-14-12(15(18)19)7-9(2)20-14/h4-7H,1-3H3,(H,16,17)(H,18,19). The largest absolute Gasteiger partial charge is 0.478 e. The fraction of sp³-hybridized carbons (Fsp3) is 0.200. The molecule has 4 nitrogen and oxygen atoms in total. The van der Waals surface area contributed by atoms with E-state index in [0.717, 1.165) is 16.0 Å². The Kier molecular flexibility index (Phi) is 3.90. The van der Waals surface area contributed by atoms with Gasteiger partial charge in [0.2, 0.25) is 0 Å². The highest BCUT2D eigenvalue weighted by Crippen LogP contribution is 2.28. The molecule has 2 aromatic rings. The highest BCUT2D eigenvalue weighted by molar-refractivity contribution is 7.16. The monoisotopic (exact) mass is 289 g/mol. The number of carboxylic acid groups (broad SMARTS) is 1. The number of aryl methyl sites for hydroxylation is 2. The summed E-state index contributed by atoms with van der Waals surface area (Å²) in [6.07, 6.45) is 0. The zero-order valence-electron chi connectivity index (χ0n) is 11.5. The molecule has 0 saturated carbocycles. The second-order valence-electron chi connectivity index (χ2n) is 4.61. The number of nitrogens with one attached hydrogen (secondary N) is 1. The van der Waals surface area contributed by atoms with E-state index < -0.39 is 5.97 Å². The summed E-state index contributed by atoms with van der Waals surface area (Å²) in [5, 5.41) is 12.2. The number of hydrogen-bond acceptors (Lipinski definition) is 3. The maximum absolute atomic E-state index is 12.3. The zero-order valence-corrected chi connectivity index (χ0v) is 12.3. The van der Waals surface area contributed by atoms with Crippen molar-refractivity contribution in [1.29, 1.82) is 0 Å². The van der Waals surface area contributed by atoms with Crippen molar-refractivity contribution in [2.45, 2.75) is 20.8 Å². The van der Waals surface area contributed by atoms with Crippen molar-refractivity contribution < 1.29 is 14.7 Å². The predicted octanol–water partition coefficient (Wildman–Crippen LogP) is 3.62. The molecule has 0 aliphatic heterocycles. The fourth-order valence-corrected chi connectivity index (χ4v) is 2.83. The Bertz CT molecular complexity index is 688. The van der Waals surface area contributed by atoms with E-state index in [9.17, 15) is 9.59 Å². The molecule has 0 bridgehead atoms. The average molecular weight is 289 g/mol. The number of aromatic carboxylic acids is 1. The van der Waals surface area contributed by atoms with Crippen molar-refractivity contribution in [3.05, 3.63) is 51.4 Å². The molecule has 104 valence electrons. The molecule has 1 heterocycles. The van der Waals surface area contributed by atoms with Crippen LogP contribution in [0.25, 0.3) is 0 Å². The molecule has 0 spiro atoms. The van der Waals surface area contributed by atoms with Gasteiger partial charge in [0.25, 0.3) is 5.91 Å². The van der Waals surface area contributed by atoms with Crippen molar-refractivity contribution in [1.82, 2.24) is 0 Å². The Balaban J connectivity index is 2.33. The average Bonchev–Trinajstić information content (AvgIpc) is 2.73. The van der Waals surface area contributed by atoms with E-state index in [1.165, 1.54) is 11.3 Å². The Morgan fingerprint density at radius 1 is 1.15 bits per heavy atom. The van der Waals surface area contributed by atoms with Gasteiger partial charge in [-0.15, -0.1) is 11.3 Å². The van der Waals surface area contributed by atoms with Crippen LogP contribution in [0.1, 0.15) is 36.7 Å². The SMILES string of the molecule is Cc1cc(C(=O)O)c(NC(=O)c2cccc(C)c2C)s1. The summed E-state index contributed by atoms with van der Waals surface area (Å²) in [7, 11) is 0. The van der Waals surface area contributed by atoms with Crippen LogP contribution < -0.4 is 5.32 Å². The number of carboxylic acids is 1. The van der Waals surface area contributed by atoms with Crippen LogP contribution in [0.15, 0.2) is 24.3 Å². The predicted molar refractivity (Wildman–Crippen MR) is 79.9 cm³/mol. The molecule has 0 atom stereocenters. The highest BCUT2D eigenvalue weighted by Gasteiger charge is 2.17. The van der Waals surface area contributed by atoms with Gasteiger partial charge in [-0.1, -0.05) is 12.1 Å². The van der Waals surface area contributed by atoms with Gasteiger partial charge in [0.05, 0.1) is 5.56 Å². The number of amides is 1. The van der Waals surface area contributed by atoms with E-state index in [1.54, 1.807) is 12.1 Å². The Labute approximate surface area is 121 Å². The summed E-state index contributed by atoms with van der Waals surface area (Å²) in [6, 6.07) is 7.05. The molecule has 1 aromatic heterocycles. The third-order valence-electron chi connectivity index (χ3n) is 3.16. The first-order chi connectivity index (χ1) is 9.40. The fourth-order valence-electron chi connectivity index (χ4n) is 1.93. The lowest BCUT2D eigenvalue weighted by molar-refractivity contribution is 0.0698. The Morgan fingerprint density at radius 3 is 2.50 bits per heavy atom. The van der Waals surface area contributed by atoms with Crippen molar-refractivity contribution in [2.24, 2.45) is 0 Å². The summed E-state index contributed by atoms with van der Waals surface area (Å²) >= 11 is 1.26. The van der Waals surface area contributed by atoms with Crippen molar-refractivity contribution in [3.63, 3.8) is 0 Å². The number of anilines is 1. The zero-order chi connectivity index (χ0) is 14.9. The quantitative estimate of drug-likeness (QED) is 0.906. The van der Waals surface area contributed by atoms with Crippen LogP contribution >= 0.6 is 11.3 Å². The van der Waals surface area contributed by atoms with Crippen molar-refractivity contribution >= 4 is 28.2 Å². The molecule has 0 fully saturated rings. The molecule has 1 amide bonds. The summed E-state index contributed by atoms with van der Waals surface area (Å²) < 4.78 is 0. The van der Waals surface area contributed by atoms with Crippen LogP contribution in [0, 0.1) is 20.8 Å². The summed E-state index contributed by atoms with van der Waals surface area (Å²) in [6.45, 7) is 5.62. The highest BCUT2D eigenvalue weighted by atomic mass is 32.1. The van der Waals surface area contributed by atoms with Crippen LogP contribution in [-0.4, -0.2) is 17.0 Å². The van der Waals surface area contributed by atoms with E-state index in [4.69, 9.17) is 5.11 Å². The molecule has 0 saturated heterocycles. The van der Waals surface area contributed by atoms with E-state index >= 15 is 0 Å². The van der Waals surface area contributed by atoms with Crippen LogP contribution in [0.2, 0.25) is 0 Å². The maximum Gasteiger partial charge on any atom is 0.338 e. The summed E-state index contributed by atoms with van der Waals surface area (Å²) in [5.41, 5.74) is 2.62. The van der Waals surface area contributed by atoms with Gasteiger partial charge in [0.15, 0.2) is 0 Å². The van der Waals surface area contributed by atoms with E-state index in [-0.39, 0.29) is 11.5 Å². The van der Waals surface area contributed by atoms with Gasteiger partial charge in [-0.25, -0.2) is 4.79 Å². The first-order valence-electron chi connectivity index (χ1n) is 6.11. The summed E-state index contributed by atoms with van der Waals surface area (Å²) in [4.78, 5) is 24.2. The molecule has 0 unspecified atom stereocenters. The maximum atomic E-state index is 12.3. The van der Waals surface area contributed by atoms with Gasteiger partial charge in [-0.05, 0) is 44.0 Å². The molecule has 2 N–H and O–H groups in total. The number of rotatable bonds is 3. The first-order valence-corrected chi connectivity index (χ1v) is 6.93. The normalized spacial score (nSPS) is 10.3. The molecular formula is C15H15NO3S. The van der Waals surface area contributed by atoms with Gasteiger partial charge in [-0.2, -0.15) is 0 Å². The number of carbonyl (C=O) groups excluding carboxylic acids is 1. The number of benzene rings is 1. The lowest BCUT2D eigenvalue weighted by Gasteiger charge is -2.08. The Hall–Kier alpha value is -2.14. The minimum atomic E-state index is -1.04. The molecule has 20 heavy (non-hydrogen) atoms. The third kappa shape index (κ3) is 2.72. The Morgan fingerprint density at radius 2 is 1.85 bits per heavy atom. The minimum Gasteiger partial charge on any atom is -0.478 e. The second-order valence-corrected chi connectivity index (χ2v) is 5.86. The van der Waals surface area contributed by atoms with Crippen LogP contribution in [-0.2, 0) is 0 Å². The molecule has 0 aliphatic rings. The molecule has 5 heteroatoms. The van der Waals surface area contributed by atoms with Gasteiger partial charge < -0.3 is 10.4 Å². The molecular weight excluding hydrogens is 274 g/mol. The topological polar surface area (TPSA) is 66.4 Å². The van der Waals surface area contributed by atoms with Crippen LogP contribution in [0.4, 0.5) is 5.00 Å². The van der Waals surface area contributed by atoms with Gasteiger partial charge in [-0.3, -0.25) is 4.79 Å². The lowest BCUT2D eigenvalue weighted by atomic mass is 10.0. The van der Waals surface area contributed by atoms with E-state index in [0.29, 0.717) is 10.6 Å². The van der Waals surface area contributed by atoms with Crippen molar-refractivity contribution in [2.75, 3.05) is 5.32 Å². The first kappa shape index (κ1) is 14.3. The van der Waals surface area contributed by atoms with Crippen LogP contribution in [0.5, 0.6) is 0 Å². The van der Waals surface area contributed by atoms with E-state index in [1.807, 2.05) is 32.9 Å². The second kappa shape index (κ2) is 5.46.